The van der Waals surface area contributed by atoms with Gasteiger partial charge in [0.15, 0.2) is 11.2 Å². The summed E-state index contributed by atoms with van der Waals surface area (Å²) >= 11 is 12.6. The topological polar surface area (TPSA) is 79.7 Å². The number of rotatable bonds is 5. The Labute approximate surface area is 246 Å². The zero-order valence-electron chi connectivity index (χ0n) is 22.9. The van der Waals surface area contributed by atoms with Crippen LogP contribution in [-0.4, -0.2) is 42.6 Å². The molecule has 0 bridgehead atoms. The lowest BCUT2D eigenvalue weighted by Gasteiger charge is -2.36. The van der Waals surface area contributed by atoms with Crippen LogP contribution in [-0.2, 0) is 10.3 Å². The Bertz CT molecular complexity index is 1770. The molecule has 8 nitrogen and oxygen atoms in total. The van der Waals surface area contributed by atoms with E-state index in [-0.39, 0.29) is 22.4 Å². The number of hydrogen-bond donors (Lipinski definition) is 1. The molecule has 0 radical (unpaired) electrons. The predicted octanol–water partition coefficient (Wildman–Crippen LogP) is 6.51. The van der Waals surface area contributed by atoms with E-state index in [0.717, 1.165) is 10.6 Å². The van der Waals surface area contributed by atoms with Crippen LogP contribution in [0.4, 0.5) is 21.5 Å². The van der Waals surface area contributed by atoms with Gasteiger partial charge in [0.05, 0.1) is 24.1 Å². The summed E-state index contributed by atoms with van der Waals surface area (Å²) in [6, 6.07) is 14.2. The second kappa shape index (κ2) is 9.49. The smallest absolute Gasteiger partial charge is 0.280 e. The third kappa shape index (κ3) is 3.75. The molecule has 0 aliphatic carbocycles. The van der Waals surface area contributed by atoms with Crippen molar-refractivity contribution in [2.45, 2.75) is 25.4 Å². The standard InChI is InChI=1S/C30H26Cl2FN5O3/c1-15(2)37-26-25(35-27(37)19-9-8-18(36(3)4)14-24(19)41-5)28(39)38(23-13-17(32)7-11-21(23)33)30(26)20-10-6-16(31)12-22(20)34-29(30)40/h6-15H,1-5H3,(H,34,40)/t30-/m1/s1. The van der Waals surface area contributed by atoms with Gasteiger partial charge in [0, 0.05) is 53.2 Å². The van der Waals surface area contributed by atoms with E-state index in [1.54, 1.807) is 25.3 Å². The Hall–Kier alpha value is -4.08. The number of nitrogens with one attached hydrogen (secondary N) is 1. The van der Waals surface area contributed by atoms with Crippen molar-refractivity contribution in [3.63, 3.8) is 0 Å². The van der Waals surface area contributed by atoms with Crippen molar-refractivity contribution in [2.75, 3.05) is 36.3 Å². The van der Waals surface area contributed by atoms with Gasteiger partial charge in [-0.3, -0.25) is 14.5 Å². The van der Waals surface area contributed by atoms with Gasteiger partial charge in [-0.25, -0.2) is 9.37 Å². The van der Waals surface area contributed by atoms with Crippen molar-refractivity contribution < 1.29 is 18.7 Å². The van der Waals surface area contributed by atoms with Crippen molar-refractivity contribution in [3.05, 3.63) is 87.4 Å². The van der Waals surface area contributed by atoms with Gasteiger partial charge in [-0.1, -0.05) is 29.3 Å². The number of imidazole rings is 1. The quantitative estimate of drug-likeness (QED) is 0.285. The molecule has 0 saturated heterocycles. The highest BCUT2D eigenvalue weighted by Crippen LogP contribution is 2.55. The van der Waals surface area contributed by atoms with E-state index in [9.17, 15) is 9.59 Å². The molecule has 0 saturated carbocycles. The van der Waals surface area contributed by atoms with Crippen LogP contribution in [0.3, 0.4) is 0 Å². The molecular formula is C30H26Cl2FN5O3. The van der Waals surface area contributed by atoms with Crippen molar-refractivity contribution in [3.8, 4) is 17.1 Å². The number of benzene rings is 3. The number of methoxy groups -OCH3 is 1. The molecule has 2 aliphatic heterocycles. The first-order valence-electron chi connectivity index (χ1n) is 12.9. The van der Waals surface area contributed by atoms with Crippen LogP contribution >= 0.6 is 23.2 Å². The summed E-state index contributed by atoms with van der Waals surface area (Å²) in [4.78, 5) is 36.5. The number of nitrogens with zero attached hydrogens (tertiary/aromatic N) is 4. The van der Waals surface area contributed by atoms with Gasteiger partial charge in [0.2, 0.25) is 0 Å². The molecule has 4 aromatic rings. The van der Waals surface area contributed by atoms with Crippen molar-refractivity contribution in [1.82, 2.24) is 9.55 Å². The van der Waals surface area contributed by atoms with Gasteiger partial charge in [-0.2, -0.15) is 0 Å². The zero-order chi connectivity index (χ0) is 29.4. The summed E-state index contributed by atoms with van der Waals surface area (Å²) < 4.78 is 23.1. The molecule has 1 N–H and O–H groups in total. The average molecular weight is 594 g/mol. The van der Waals surface area contributed by atoms with Crippen LogP contribution < -0.4 is 19.9 Å². The Kier molecular flexibility index (Phi) is 6.28. The van der Waals surface area contributed by atoms with E-state index < -0.39 is 23.2 Å². The summed E-state index contributed by atoms with van der Waals surface area (Å²) in [7, 11) is 5.41. The highest BCUT2D eigenvalue weighted by molar-refractivity contribution is 6.32. The highest BCUT2D eigenvalue weighted by atomic mass is 35.5. The number of anilines is 3. The van der Waals surface area contributed by atoms with Gasteiger partial charge in [-0.15, -0.1) is 0 Å². The Balaban J connectivity index is 1.72. The lowest BCUT2D eigenvalue weighted by molar-refractivity contribution is -0.119. The lowest BCUT2D eigenvalue weighted by atomic mass is 9.87. The van der Waals surface area contributed by atoms with Crippen LogP contribution in [0.15, 0.2) is 54.6 Å². The number of hydrogen-bond acceptors (Lipinski definition) is 5. The Morgan fingerprint density at radius 3 is 2.41 bits per heavy atom. The maximum atomic E-state index is 15.5. The summed E-state index contributed by atoms with van der Waals surface area (Å²) in [5.41, 5.74) is 0.848. The number of carbonyl (C=O) groups is 2. The SMILES string of the molecule is COc1cc(N(C)C)ccc1-c1nc2c(n1C(C)C)[C@]1(C(=O)Nc3cc(Cl)ccc31)N(c1cc(Cl)ccc1F)C2=O. The largest absolute Gasteiger partial charge is 0.496 e. The van der Waals surface area contributed by atoms with Crippen LogP contribution in [0.5, 0.6) is 5.75 Å². The maximum absolute atomic E-state index is 15.5. The fourth-order valence-electron chi connectivity index (χ4n) is 5.80. The number of aromatic nitrogens is 2. The van der Waals surface area contributed by atoms with Gasteiger partial charge < -0.3 is 19.5 Å². The molecule has 41 heavy (non-hydrogen) atoms. The van der Waals surface area contributed by atoms with Crippen molar-refractivity contribution in [2.24, 2.45) is 0 Å². The normalized spacial score (nSPS) is 17.3. The van der Waals surface area contributed by atoms with Gasteiger partial charge in [0.1, 0.15) is 17.4 Å². The predicted molar refractivity (Wildman–Crippen MR) is 158 cm³/mol. The van der Waals surface area contributed by atoms with E-state index >= 15 is 4.39 Å². The van der Waals surface area contributed by atoms with E-state index in [1.165, 1.54) is 18.2 Å². The summed E-state index contributed by atoms with van der Waals surface area (Å²) in [5, 5.41) is 3.49. The van der Waals surface area contributed by atoms with Crippen LogP contribution in [0, 0.1) is 5.82 Å². The third-order valence-corrected chi connectivity index (χ3v) is 8.02. The monoisotopic (exact) mass is 593 g/mol. The van der Waals surface area contributed by atoms with Crippen LogP contribution in [0.1, 0.15) is 41.6 Å². The minimum absolute atomic E-state index is 0.0322. The van der Waals surface area contributed by atoms with Crippen molar-refractivity contribution in [1.29, 1.82) is 0 Å². The van der Waals surface area contributed by atoms with E-state index in [4.69, 9.17) is 32.9 Å². The van der Waals surface area contributed by atoms with Gasteiger partial charge in [-0.05, 0) is 56.3 Å². The number of amides is 2. The fraction of sp³-hybridized carbons (Fsp3) is 0.233. The molecule has 1 atom stereocenters. The molecular weight excluding hydrogens is 568 g/mol. The highest BCUT2D eigenvalue weighted by Gasteiger charge is 2.64. The Morgan fingerprint density at radius 2 is 1.73 bits per heavy atom. The van der Waals surface area contributed by atoms with E-state index in [1.807, 2.05) is 55.6 Å². The van der Waals surface area contributed by atoms with Crippen LogP contribution in [0.2, 0.25) is 10.0 Å². The first-order chi connectivity index (χ1) is 19.5. The fourth-order valence-corrected chi connectivity index (χ4v) is 6.14. The van der Waals surface area contributed by atoms with Crippen molar-refractivity contribution >= 4 is 52.1 Å². The molecule has 3 heterocycles. The average Bonchev–Trinajstić information content (AvgIpc) is 3.53. The van der Waals surface area contributed by atoms with E-state index in [2.05, 4.69) is 5.32 Å². The summed E-state index contributed by atoms with van der Waals surface area (Å²) in [6.45, 7) is 3.87. The molecule has 1 spiro atoms. The second-order valence-corrected chi connectivity index (χ2v) is 11.3. The summed E-state index contributed by atoms with van der Waals surface area (Å²) in [5.74, 6) is -0.890. The molecule has 2 aliphatic rings. The number of ether oxygens (including phenoxy) is 1. The Morgan fingerprint density at radius 1 is 1.02 bits per heavy atom. The zero-order valence-corrected chi connectivity index (χ0v) is 24.4. The van der Waals surface area contributed by atoms with Gasteiger partial charge >= 0.3 is 0 Å². The molecule has 1 aromatic heterocycles. The molecule has 0 unspecified atom stereocenters. The van der Waals surface area contributed by atoms with Gasteiger partial charge in [0.25, 0.3) is 11.8 Å². The molecule has 2 amide bonds. The molecule has 11 heteroatoms. The maximum Gasteiger partial charge on any atom is 0.280 e. The molecule has 0 fully saturated rings. The molecule has 210 valence electrons. The number of halogens is 3. The minimum Gasteiger partial charge on any atom is -0.496 e. The molecule has 3 aromatic carbocycles. The summed E-state index contributed by atoms with van der Waals surface area (Å²) in [6.07, 6.45) is 0. The van der Waals surface area contributed by atoms with E-state index in [0.29, 0.717) is 39.1 Å². The van der Waals surface area contributed by atoms with Crippen LogP contribution in [0.25, 0.3) is 11.4 Å². The molecule has 6 rings (SSSR count). The first kappa shape index (κ1) is 27.1. The number of fused-ring (bicyclic) bond motifs is 4. The minimum atomic E-state index is -1.79. The third-order valence-electron chi connectivity index (χ3n) is 7.55. The first-order valence-corrected chi connectivity index (χ1v) is 13.7. The lowest BCUT2D eigenvalue weighted by Crippen LogP contribution is -2.51. The number of carbonyl (C=O) groups excluding carboxylic acids is 2. The second-order valence-electron chi connectivity index (χ2n) is 10.5.